The van der Waals surface area contributed by atoms with Gasteiger partial charge in [-0.15, -0.1) is 0 Å². The van der Waals surface area contributed by atoms with Crippen LogP contribution < -0.4 is 4.74 Å². The Morgan fingerprint density at radius 2 is 1.95 bits per heavy atom. The monoisotopic (exact) mass is 315 g/mol. The third-order valence-corrected chi connectivity index (χ3v) is 3.35. The van der Waals surface area contributed by atoms with E-state index in [9.17, 15) is 0 Å². The summed E-state index contributed by atoms with van der Waals surface area (Å²) in [6, 6.07) is 14.6. The molecule has 0 atom stereocenters. The summed E-state index contributed by atoms with van der Waals surface area (Å²) in [7, 11) is 0. The van der Waals surface area contributed by atoms with Crippen LogP contribution in [0.15, 0.2) is 59.2 Å². The van der Waals surface area contributed by atoms with E-state index in [4.69, 9.17) is 25.9 Å². The maximum Gasteiger partial charge on any atom is 0.226 e. The van der Waals surface area contributed by atoms with Gasteiger partial charge in [-0.2, -0.15) is 0 Å². The van der Waals surface area contributed by atoms with Gasteiger partial charge >= 0.3 is 0 Å². The van der Waals surface area contributed by atoms with Gasteiger partial charge in [-0.3, -0.25) is 0 Å². The number of oxazole rings is 1. The van der Waals surface area contributed by atoms with Crippen molar-refractivity contribution in [3.63, 3.8) is 0 Å². The van der Waals surface area contributed by atoms with Crippen LogP contribution >= 0.6 is 11.6 Å². The van der Waals surface area contributed by atoms with Gasteiger partial charge in [0.15, 0.2) is 0 Å². The predicted octanol–water partition coefficient (Wildman–Crippen LogP) is 4.07. The summed E-state index contributed by atoms with van der Waals surface area (Å²) in [6.07, 6.45) is 1.57. The standard InChI is InChI=1S/C17H14ClNO3/c18-14-3-1-2-13(8-14)17-19-15(11-22-17)10-21-16-6-4-12(9-20)5-7-16/h1-8,11,20H,9-10H2. The molecule has 22 heavy (non-hydrogen) atoms. The zero-order valence-corrected chi connectivity index (χ0v) is 12.5. The molecule has 0 saturated heterocycles. The molecular weight excluding hydrogens is 302 g/mol. The Morgan fingerprint density at radius 1 is 1.14 bits per heavy atom. The van der Waals surface area contributed by atoms with Crippen molar-refractivity contribution in [3.05, 3.63) is 71.1 Å². The van der Waals surface area contributed by atoms with E-state index < -0.39 is 0 Å². The van der Waals surface area contributed by atoms with Gasteiger partial charge in [-0.05, 0) is 35.9 Å². The summed E-state index contributed by atoms with van der Waals surface area (Å²) < 4.78 is 11.1. The first-order valence-corrected chi connectivity index (χ1v) is 7.15. The Kier molecular flexibility index (Phi) is 4.42. The molecule has 1 heterocycles. The molecular formula is C17H14ClNO3. The third kappa shape index (κ3) is 3.47. The fourth-order valence-electron chi connectivity index (χ4n) is 1.98. The number of hydrogen-bond donors (Lipinski definition) is 1. The average Bonchev–Trinajstić information content (AvgIpc) is 3.02. The smallest absolute Gasteiger partial charge is 0.226 e. The maximum absolute atomic E-state index is 8.99. The highest BCUT2D eigenvalue weighted by Gasteiger charge is 2.07. The minimum Gasteiger partial charge on any atom is -0.487 e. The van der Waals surface area contributed by atoms with Crippen molar-refractivity contribution in [2.75, 3.05) is 0 Å². The van der Waals surface area contributed by atoms with E-state index in [0.717, 1.165) is 11.1 Å². The van der Waals surface area contributed by atoms with Gasteiger partial charge in [0.2, 0.25) is 5.89 Å². The summed E-state index contributed by atoms with van der Waals surface area (Å²) in [4.78, 5) is 4.38. The van der Waals surface area contributed by atoms with Gasteiger partial charge in [-0.25, -0.2) is 4.98 Å². The van der Waals surface area contributed by atoms with E-state index in [1.807, 2.05) is 36.4 Å². The second kappa shape index (κ2) is 6.64. The minimum atomic E-state index is 0.0204. The van der Waals surface area contributed by atoms with Crippen LogP contribution in [-0.4, -0.2) is 10.1 Å². The molecule has 0 fully saturated rings. The zero-order chi connectivity index (χ0) is 15.4. The molecule has 1 aromatic heterocycles. The number of aliphatic hydroxyl groups is 1. The first-order valence-electron chi connectivity index (χ1n) is 6.77. The van der Waals surface area contributed by atoms with Crippen LogP contribution in [0.25, 0.3) is 11.5 Å². The van der Waals surface area contributed by atoms with Crippen LogP contribution in [0, 0.1) is 0 Å². The van der Waals surface area contributed by atoms with E-state index in [0.29, 0.717) is 29.0 Å². The molecule has 4 nitrogen and oxygen atoms in total. The Labute approximate surface area is 133 Å². The quantitative estimate of drug-likeness (QED) is 0.771. The van der Waals surface area contributed by atoms with Crippen LogP contribution in [0.4, 0.5) is 0 Å². The number of ether oxygens (including phenoxy) is 1. The lowest BCUT2D eigenvalue weighted by atomic mass is 10.2. The lowest BCUT2D eigenvalue weighted by molar-refractivity contribution is 0.280. The summed E-state index contributed by atoms with van der Waals surface area (Å²) in [5, 5.41) is 9.63. The molecule has 0 aliphatic carbocycles. The average molecular weight is 316 g/mol. The van der Waals surface area contributed by atoms with Crippen molar-refractivity contribution < 1.29 is 14.3 Å². The topological polar surface area (TPSA) is 55.5 Å². The maximum atomic E-state index is 8.99. The van der Waals surface area contributed by atoms with Crippen LogP contribution in [0.2, 0.25) is 5.02 Å². The number of halogens is 1. The molecule has 3 rings (SSSR count). The number of benzene rings is 2. The normalized spacial score (nSPS) is 10.6. The van der Waals surface area contributed by atoms with Gasteiger partial charge in [-0.1, -0.05) is 29.8 Å². The molecule has 2 aromatic carbocycles. The first-order chi connectivity index (χ1) is 10.7. The van der Waals surface area contributed by atoms with Crippen LogP contribution in [0.1, 0.15) is 11.3 Å². The van der Waals surface area contributed by atoms with Crippen molar-refractivity contribution in [2.45, 2.75) is 13.2 Å². The Bertz CT molecular complexity index is 753. The Hall–Kier alpha value is -2.30. The molecule has 0 bridgehead atoms. The lowest BCUT2D eigenvalue weighted by Gasteiger charge is -2.04. The number of nitrogens with zero attached hydrogens (tertiary/aromatic N) is 1. The second-order valence-electron chi connectivity index (χ2n) is 4.75. The Balaban J connectivity index is 1.66. The highest BCUT2D eigenvalue weighted by atomic mass is 35.5. The molecule has 0 aliphatic heterocycles. The molecule has 0 amide bonds. The molecule has 0 saturated carbocycles. The SMILES string of the molecule is OCc1ccc(OCc2coc(-c3cccc(Cl)c3)n2)cc1. The van der Waals surface area contributed by atoms with E-state index in [1.165, 1.54) is 0 Å². The number of aliphatic hydroxyl groups excluding tert-OH is 1. The van der Waals surface area contributed by atoms with E-state index in [2.05, 4.69) is 4.98 Å². The third-order valence-electron chi connectivity index (χ3n) is 3.12. The van der Waals surface area contributed by atoms with Crippen molar-refractivity contribution in [2.24, 2.45) is 0 Å². The highest BCUT2D eigenvalue weighted by molar-refractivity contribution is 6.30. The van der Waals surface area contributed by atoms with Crippen LogP contribution in [-0.2, 0) is 13.2 Å². The fraction of sp³-hybridized carbons (Fsp3) is 0.118. The number of rotatable bonds is 5. The molecule has 0 radical (unpaired) electrons. The van der Waals surface area contributed by atoms with Gasteiger partial charge < -0.3 is 14.3 Å². The molecule has 0 unspecified atom stereocenters. The van der Waals surface area contributed by atoms with Gasteiger partial charge in [0.25, 0.3) is 0 Å². The van der Waals surface area contributed by atoms with Crippen molar-refractivity contribution in [1.82, 2.24) is 4.98 Å². The van der Waals surface area contributed by atoms with Crippen molar-refractivity contribution in [1.29, 1.82) is 0 Å². The van der Waals surface area contributed by atoms with Crippen LogP contribution in [0.5, 0.6) is 5.75 Å². The summed E-state index contributed by atoms with van der Waals surface area (Å²) >= 11 is 5.96. The number of hydrogen-bond acceptors (Lipinski definition) is 4. The summed E-state index contributed by atoms with van der Waals surface area (Å²) in [5.41, 5.74) is 2.37. The summed E-state index contributed by atoms with van der Waals surface area (Å²) in [5.74, 6) is 1.22. The largest absolute Gasteiger partial charge is 0.487 e. The predicted molar refractivity (Wildman–Crippen MR) is 83.6 cm³/mol. The lowest BCUT2D eigenvalue weighted by Crippen LogP contribution is -1.96. The van der Waals surface area contributed by atoms with E-state index in [1.54, 1.807) is 18.4 Å². The molecule has 0 spiro atoms. The van der Waals surface area contributed by atoms with Gasteiger partial charge in [0, 0.05) is 10.6 Å². The molecule has 0 aliphatic rings. The summed E-state index contributed by atoms with van der Waals surface area (Å²) in [6.45, 7) is 0.328. The number of aromatic nitrogens is 1. The van der Waals surface area contributed by atoms with Crippen molar-refractivity contribution >= 4 is 11.6 Å². The molecule has 5 heteroatoms. The first kappa shape index (κ1) is 14.6. The van der Waals surface area contributed by atoms with Gasteiger partial charge in [0.1, 0.15) is 24.3 Å². The van der Waals surface area contributed by atoms with Crippen molar-refractivity contribution in [3.8, 4) is 17.2 Å². The van der Waals surface area contributed by atoms with Crippen LogP contribution in [0.3, 0.4) is 0 Å². The van der Waals surface area contributed by atoms with E-state index >= 15 is 0 Å². The highest BCUT2D eigenvalue weighted by Crippen LogP contribution is 2.22. The fourth-order valence-corrected chi connectivity index (χ4v) is 2.17. The molecule has 3 aromatic rings. The zero-order valence-electron chi connectivity index (χ0n) is 11.7. The second-order valence-corrected chi connectivity index (χ2v) is 5.18. The Morgan fingerprint density at radius 3 is 2.68 bits per heavy atom. The van der Waals surface area contributed by atoms with Gasteiger partial charge in [0.05, 0.1) is 6.61 Å². The minimum absolute atomic E-state index is 0.0204. The van der Waals surface area contributed by atoms with E-state index in [-0.39, 0.29) is 6.61 Å². The molecule has 1 N–H and O–H groups in total. The molecule has 112 valence electrons.